The third-order valence-electron chi connectivity index (χ3n) is 6.50. The van der Waals surface area contributed by atoms with Crippen molar-refractivity contribution in [2.75, 3.05) is 13.1 Å². The zero-order valence-corrected chi connectivity index (χ0v) is 17.9. The van der Waals surface area contributed by atoms with Gasteiger partial charge in [0.05, 0.1) is 17.4 Å². The second-order valence-corrected chi connectivity index (χ2v) is 8.72. The predicted molar refractivity (Wildman–Crippen MR) is 126 cm³/mol. The van der Waals surface area contributed by atoms with Crippen molar-refractivity contribution in [3.8, 4) is 22.5 Å². The second kappa shape index (κ2) is 7.57. The van der Waals surface area contributed by atoms with Crippen LogP contribution >= 0.6 is 0 Å². The number of fused-ring (bicyclic) bond motifs is 2. The lowest BCUT2D eigenvalue weighted by Crippen LogP contribution is -2.27. The van der Waals surface area contributed by atoms with E-state index in [9.17, 15) is 4.39 Å². The highest BCUT2D eigenvalue weighted by Crippen LogP contribution is 2.35. The smallest absolute Gasteiger partial charge is 0.124 e. The van der Waals surface area contributed by atoms with E-state index in [0.717, 1.165) is 81.5 Å². The summed E-state index contributed by atoms with van der Waals surface area (Å²) in [7, 11) is 0. The van der Waals surface area contributed by atoms with Gasteiger partial charge in [0.25, 0.3) is 0 Å². The fourth-order valence-electron chi connectivity index (χ4n) is 4.91. The molecule has 3 N–H and O–H groups in total. The molecule has 1 saturated heterocycles. The first-order valence-electron chi connectivity index (χ1n) is 11.1. The third kappa shape index (κ3) is 3.28. The zero-order valence-electron chi connectivity index (χ0n) is 17.9. The minimum absolute atomic E-state index is 0.219. The highest BCUT2D eigenvalue weighted by Gasteiger charge is 2.19. The number of nitrogens with one attached hydrogen (secondary N) is 3. The summed E-state index contributed by atoms with van der Waals surface area (Å²) in [4.78, 5) is 8.23. The number of aromatic amines is 2. The van der Waals surface area contributed by atoms with Crippen molar-refractivity contribution in [2.45, 2.75) is 25.7 Å². The van der Waals surface area contributed by atoms with E-state index in [0.29, 0.717) is 5.92 Å². The van der Waals surface area contributed by atoms with Crippen molar-refractivity contribution in [2.24, 2.45) is 0 Å². The molecule has 1 aliphatic rings. The first-order valence-corrected chi connectivity index (χ1v) is 11.1. The van der Waals surface area contributed by atoms with Gasteiger partial charge in [-0.1, -0.05) is 18.2 Å². The van der Waals surface area contributed by atoms with Crippen LogP contribution in [0.5, 0.6) is 0 Å². The number of pyridine rings is 1. The van der Waals surface area contributed by atoms with Crippen molar-refractivity contribution < 1.29 is 4.39 Å². The first-order chi connectivity index (χ1) is 15.7. The number of halogens is 1. The number of aryl methyl sites for hydroxylation is 1. The lowest BCUT2D eigenvalue weighted by atomic mass is 9.93. The molecule has 0 unspecified atom stereocenters. The van der Waals surface area contributed by atoms with Gasteiger partial charge in [-0.05, 0) is 79.9 Å². The first kappa shape index (κ1) is 19.2. The van der Waals surface area contributed by atoms with Gasteiger partial charge in [-0.15, -0.1) is 0 Å². The number of benzene rings is 2. The molecular formula is C26H24FN5. The Balaban J connectivity index is 1.47. The summed E-state index contributed by atoms with van der Waals surface area (Å²) < 4.78 is 14.1. The molecule has 0 saturated carbocycles. The predicted octanol–water partition coefficient (Wildman–Crippen LogP) is 5.69. The summed E-state index contributed by atoms with van der Waals surface area (Å²) in [6.07, 6.45) is 4.11. The summed E-state index contributed by atoms with van der Waals surface area (Å²) in [5, 5.41) is 13.3. The molecular weight excluding hydrogens is 401 g/mol. The maximum Gasteiger partial charge on any atom is 0.124 e. The molecule has 6 heteroatoms. The van der Waals surface area contributed by atoms with Crippen LogP contribution in [-0.2, 0) is 0 Å². The number of nitrogens with zero attached hydrogens (tertiary/aromatic N) is 2. The normalized spacial score (nSPS) is 15.1. The lowest BCUT2D eigenvalue weighted by molar-refractivity contribution is 0.453. The topological polar surface area (TPSA) is 69.4 Å². The minimum atomic E-state index is -0.219. The van der Waals surface area contributed by atoms with E-state index in [1.54, 1.807) is 12.1 Å². The van der Waals surface area contributed by atoms with Crippen LogP contribution in [0.15, 0.2) is 54.7 Å². The number of piperidine rings is 1. The fraction of sp³-hybridized carbons (Fsp3) is 0.231. The minimum Gasteiger partial charge on any atom is -0.353 e. The van der Waals surface area contributed by atoms with Gasteiger partial charge >= 0.3 is 0 Å². The average molecular weight is 426 g/mol. The van der Waals surface area contributed by atoms with Gasteiger partial charge in [-0.2, -0.15) is 5.10 Å². The molecule has 0 amide bonds. The van der Waals surface area contributed by atoms with E-state index in [4.69, 9.17) is 4.98 Å². The Hall–Kier alpha value is -3.51. The molecule has 3 aromatic heterocycles. The largest absolute Gasteiger partial charge is 0.353 e. The standard InChI is InChI=1S/C26H24FN5/c1-15-9-17(11-18(27)10-15)19-3-2-4-22-20(19)12-24(30-22)26-21-13-23(16-5-7-28-8-6-16)29-14-25(21)31-32-26/h2-4,9-14,16,28,30H,5-8H2,1H3,(H,31,32). The fourth-order valence-corrected chi connectivity index (χ4v) is 4.91. The van der Waals surface area contributed by atoms with Gasteiger partial charge in [-0.25, -0.2) is 4.39 Å². The highest BCUT2D eigenvalue weighted by atomic mass is 19.1. The van der Waals surface area contributed by atoms with Crippen LogP contribution in [0.3, 0.4) is 0 Å². The molecule has 1 aliphatic heterocycles. The van der Waals surface area contributed by atoms with Gasteiger partial charge in [-0.3, -0.25) is 10.1 Å². The monoisotopic (exact) mass is 425 g/mol. The van der Waals surface area contributed by atoms with Gasteiger partial charge in [0, 0.05) is 27.9 Å². The van der Waals surface area contributed by atoms with Gasteiger partial charge in [0.1, 0.15) is 11.5 Å². The molecule has 2 aromatic carbocycles. The SMILES string of the molecule is Cc1cc(F)cc(-c2cccc3[nH]c(-c4n[nH]c5cnc(C6CCNCC6)cc45)cc23)c1. The molecule has 5 nitrogen and oxygen atoms in total. The third-order valence-corrected chi connectivity index (χ3v) is 6.50. The summed E-state index contributed by atoms with van der Waals surface area (Å²) in [6.45, 7) is 3.99. The van der Waals surface area contributed by atoms with Crippen molar-refractivity contribution in [3.63, 3.8) is 0 Å². The highest BCUT2D eigenvalue weighted by molar-refractivity contribution is 6.01. The number of rotatable bonds is 3. The number of H-pyrrole nitrogens is 2. The molecule has 0 spiro atoms. The van der Waals surface area contributed by atoms with Crippen molar-refractivity contribution >= 4 is 21.8 Å². The van der Waals surface area contributed by atoms with Gasteiger partial charge in [0.2, 0.25) is 0 Å². The van der Waals surface area contributed by atoms with E-state index in [1.165, 1.54) is 0 Å². The van der Waals surface area contributed by atoms with E-state index in [2.05, 4.69) is 32.6 Å². The zero-order chi connectivity index (χ0) is 21.7. The number of aromatic nitrogens is 4. The van der Waals surface area contributed by atoms with Crippen LogP contribution in [0.1, 0.15) is 30.0 Å². The van der Waals surface area contributed by atoms with E-state index >= 15 is 0 Å². The maximum atomic E-state index is 14.1. The van der Waals surface area contributed by atoms with Crippen molar-refractivity contribution in [1.29, 1.82) is 0 Å². The van der Waals surface area contributed by atoms with E-state index in [1.807, 2.05) is 37.4 Å². The average Bonchev–Trinajstić information content (AvgIpc) is 3.42. The van der Waals surface area contributed by atoms with Crippen LogP contribution in [-0.4, -0.2) is 33.3 Å². The summed E-state index contributed by atoms with van der Waals surface area (Å²) >= 11 is 0. The molecule has 6 rings (SSSR count). The Morgan fingerprint density at radius 3 is 2.69 bits per heavy atom. The van der Waals surface area contributed by atoms with Crippen LogP contribution in [0.4, 0.5) is 4.39 Å². The van der Waals surface area contributed by atoms with Crippen molar-refractivity contribution in [1.82, 2.24) is 25.5 Å². The Morgan fingerprint density at radius 2 is 1.84 bits per heavy atom. The molecule has 5 aromatic rings. The molecule has 1 fully saturated rings. The maximum absolute atomic E-state index is 14.1. The quantitative estimate of drug-likeness (QED) is 0.348. The number of hydrogen-bond acceptors (Lipinski definition) is 3. The van der Waals surface area contributed by atoms with Crippen LogP contribution in [0.25, 0.3) is 44.3 Å². The molecule has 0 radical (unpaired) electrons. The molecule has 160 valence electrons. The Morgan fingerprint density at radius 1 is 0.969 bits per heavy atom. The van der Waals surface area contributed by atoms with Crippen LogP contribution < -0.4 is 5.32 Å². The van der Waals surface area contributed by atoms with E-state index in [-0.39, 0.29) is 5.82 Å². The molecule has 0 atom stereocenters. The molecule has 0 bridgehead atoms. The Kier molecular flexibility index (Phi) is 4.54. The summed E-state index contributed by atoms with van der Waals surface area (Å²) in [5.74, 6) is 0.262. The second-order valence-electron chi connectivity index (χ2n) is 8.72. The Bertz CT molecular complexity index is 1420. The lowest BCUT2D eigenvalue weighted by Gasteiger charge is -2.22. The molecule has 32 heavy (non-hydrogen) atoms. The Labute approximate surface area is 185 Å². The van der Waals surface area contributed by atoms with Crippen molar-refractivity contribution in [3.05, 3.63) is 71.8 Å². The molecule has 4 heterocycles. The van der Waals surface area contributed by atoms with Crippen LogP contribution in [0.2, 0.25) is 0 Å². The summed E-state index contributed by atoms with van der Waals surface area (Å²) in [6, 6.07) is 15.6. The van der Waals surface area contributed by atoms with Crippen LogP contribution in [0, 0.1) is 12.7 Å². The van der Waals surface area contributed by atoms with E-state index < -0.39 is 0 Å². The van der Waals surface area contributed by atoms with Gasteiger partial charge < -0.3 is 10.3 Å². The molecule has 0 aliphatic carbocycles. The van der Waals surface area contributed by atoms with Gasteiger partial charge in [0.15, 0.2) is 0 Å². The summed E-state index contributed by atoms with van der Waals surface area (Å²) in [5.41, 5.74) is 7.68. The number of hydrogen-bond donors (Lipinski definition) is 3.